The van der Waals surface area contributed by atoms with E-state index in [4.69, 9.17) is 5.73 Å². The zero-order valence-corrected chi connectivity index (χ0v) is 10.4. The van der Waals surface area contributed by atoms with Gasteiger partial charge in [0.15, 0.2) is 5.60 Å². The van der Waals surface area contributed by atoms with Gasteiger partial charge in [-0.2, -0.15) is 0 Å². The smallest absolute Gasteiger partial charge is 0.253 e. The first kappa shape index (κ1) is 13.2. The number of rotatable bonds is 3. The lowest BCUT2D eigenvalue weighted by atomic mass is 9.93. The van der Waals surface area contributed by atoms with E-state index >= 15 is 0 Å². The molecule has 1 amide bonds. The second-order valence-electron chi connectivity index (χ2n) is 4.50. The predicted molar refractivity (Wildman–Crippen MR) is 70.6 cm³/mol. The Morgan fingerprint density at radius 1 is 1.21 bits per heavy atom. The molecule has 2 aromatic carbocycles. The molecule has 2 rings (SSSR count). The van der Waals surface area contributed by atoms with Gasteiger partial charge in [0.25, 0.3) is 5.91 Å². The molecule has 19 heavy (non-hydrogen) atoms. The van der Waals surface area contributed by atoms with Crippen LogP contribution in [0.2, 0.25) is 0 Å². The highest BCUT2D eigenvalue weighted by atomic mass is 19.1. The summed E-state index contributed by atoms with van der Waals surface area (Å²) in [6.45, 7) is 1.24. The van der Waals surface area contributed by atoms with Crippen LogP contribution >= 0.6 is 0 Å². The van der Waals surface area contributed by atoms with Crippen molar-refractivity contribution in [2.24, 2.45) is 5.73 Å². The van der Waals surface area contributed by atoms with Gasteiger partial charge >= 0.3 is 0 Å². The van der Waals surface area contributed by atoms with Gasteiger partial charge in [-0.25, -0.2) is 4.39 Å². The number of nitrogens with two attached hydrogens (primary N) is 1. The molecule has 0 saturated carbocycles. The third-order valence-corrected chi connectivity index (χ3v) is 3.10. The molecule has 0 fully saturated rings. The van der Waals surface area contributed by atoms with Crippen LogP contribution in [0.3, 0.4) is 0 Å². The summed E-state index contributed by atoms with van der Waals surface area (Å²) in [5.74, 6) is -1.43. The van der Waals surface area contributed by atoms with Crippen LogP contribution in [0.25, 0.3) is 11.1 Å². The molecule has 3 nitrogen and oxygen atoms in total. The molecule has 3 N–H and O–H groups in total. The Morgan fingerprint density at radius 3 is 2.37 bits per heavy atom. The van der Waals surface area contributed by atoms with E-state index in [2.05, 4.69) is 0 Å². The van der Waals surface area contributed by atoms with Crippen LogP contribution < -0.4 is 5.73 Å². The van der Waals surface area contributed by atoms with Crippen molar-refractivity contribution >= 4 is 5.91 Å². The van der Waals surface area contributed by atoms with Crippen LogP contribution in [0.5, 0.6) is 0 Å². The molecule has 0 bridgehead atoms. The van der Waals surface area contributed by atoms with E-state index in [0.29, 0.717) is 5.56 Å². The molecule has 98 valence electrons. The van der Waals surface area contributed by atoms with Gasteiger partial charge < -0.3 is 10.8 Å². The monoisotopic (exact) mass is 259 g/mol. The van der Waals surface area contributed by atoms with Gasteiger partial charge in [-0.3, -0.25) is 4.79 Å². The van der Waals surface area contributed by atoms with Crippen molar-refractivity contribution in [3.8, 4) is 11.1 Å². The van der Waals surface area contributed by atoms with Crippen LogP contribution in [0.15, 0.2) is 48.5 Å². The van der Waals surface area contributed by atoms with E-state index in [1.807, 2.05) is 18.2 Å². The zero-order chi connectivity index (χ0) is 14.0. The first-order chi connectivity index (χ1) is 8.93. The van der Waals surface area contributed by atoms with Gasteiger partial charge in [-0.15, -0.1) is 0 Å². The third kappa shape index (κ3) is 2.48. The number of hydrogen-bond acceptors (Lipinski definition) is 2. The number of benzene rings is 2. The van der Waals surface area contributed by atoms with Crippen LogP contribution in [-0.2, 0) is 10.4 Å². The van der Waals surface area contributed by atoms with Gasteiger partial charge in [0.1, 0.15) is 5.82 Å². The summed E-state index contributed by atoms with van der Waals surface area (Å²) in [5, 5.41) is 9.91. The Hall–Kier alpha value is -2.20. The van der Waals surface area contributed by atoms with Crippen molar-refractivity contribution < 1.29 is 14.3 Å². The fourth-order valence-corrected chi connectivity index (χ4v) is 1.81. The Morgan fingerprint density at radius 2 is 1.84 bits per heavy atom. The second kappa shape index (κ2) is 4.82. The first-order valence-electron chi connectivity index (χ1n) is 5.80. The molecular weight excluding hydrogens is 245 g/mol. The van der Waals surface area contributed by atoms with E-state index in [-0.39, 0.29) is 5.56 Å². The number of amides is 1. The summed E-state index contributed by atoms with van der Waals surface area (Å²) in [4.78, 5) is 11.1. The molecule has 1 atom stereocenters. The summed E-state index contributed by atoms with van der Waals surface area (Å²) in [6, 6.07) is 13.2. The van der Waals surface area contributed by atoms with Crippen LogP contribution in [0, 0.1) is 5.82 Å². The fourth-order valence-electron chi connectivity index (χ4n) is 1.81. The minimum atomic E-state index is -1.88. The van der Waals surface area contributed by atoms with Gasteiger partial charge in [0.2, 0.25) is 0 Å². The van der Waals surface area contributed by atoms with E-state index in [0.717, 1.165) is 11.6 Å². The third-order valence-electron chi connectivity index (χ3n) is 3.10. The molecule has 0 heterocycles. The van der Waals surface area contributed by atoms with E-state index in [1.54, 1.807) is 12.1 Å². The lowest BCUT2D eigenvalue weighted by Gasteiger charge is -2.20. The van der Waals surface area contributed by atoms with Gasteiger partial charge in [-0.1, -0.05) is 42.5 Å². The lowest BCUT2D eigenvalue weighted by molar-refractivity contribution is -0.135. The molecule has 0 aromatic heterocycles. The lowest BCUT2D eigenvalue weighted by Crippen LogP contribution is -2.38. The van der Waals surface area contributed by atoms with Crippen molar-refractivity contribution in [2.45, 2.75) is 12.5 Å². The number of halogens is 1. The summed E-state index contributed by atoms with van der Waals surface area (Å²) in [5.41, 5.74) is 4.48. The quantitative estimate of drug-likeness (QED) is 0.887. The van der Waals surface area contributed by atoms with Crippen molar-refractivity contribution in [1.82, 2.24) is 0 Å². The molecule has 0 aliphatic heterocycles. The van der Waals surface area contributed by atoms with Crippen molar-refractivity contribution in [3.05, 3.63) is 59.9 Å². The minimum absolute atomic E-state index is 0.136. The Bertz CT molecular complexity index is 609. The maximum absolute atomic E-state index is 14.1. The summed E-state index contributed by atoms with van der Waals surface area (Å²) in [6.07, 6.45) is 0. The number of carbonyl (C=O) groups is 1. The van der Waals surface area contributed by atoms with Crippen molar-refractivity contribution in [1.29, 1.82) is 0 Å². The van der Waals surface area contributed by atoms with Crippen LogP contribution in [-0.4, -0.2) is 11.0 Å². The maximum atomic E-state index is 14.1. The molecular formula is C15H14FNO2. The summed E-state index contributed by atoms with van der Waals surface area (Å²) in [7, 11) is 0. The number of hydrogen-bond donors (Lipinski definition) is 2. The zero-order valence-electron chi connectivity index (χ0n) is 10.4. The molecule has 0 aliphatic rings. The molecule has 0 spiro atoms. The van der Waals surface area contributed by atoms with Gasteiger partial charge in [0.05, 0.1) is 0 Å². The standard InChI is InChI=1S/C15H14FNO2/c1-15(19,14(17)18)11-7-8-12(13(16)9-11)10-5-3-2-4-6-10/h2-9,19H,1H3,(H2,17,18). The highest BCUT2D eigenvalue weighted by Gasteiger charge is 2.30. The highest BCUT2D eigenvalue weighted by Crippen LogP contribution is 2.27. The van der Waals surface area contributed by atoms with Gasteiger partial charge in [0, 0.05) is 5.56 Å². The Balaban J connectivity index is 2.47. The summed E-state index contributed by atoms with van der Waals surface area (Å²) < 4.78 is 14.1. The first-order valence-corrected chi connectivity index (χ1v) is 5.80. The predicted octanol–water partition coefficient (Wildman–Crippen LogP) is 2.19. The van der Waals surface area contributed by atoms with Crippen molar-refractivity contribution in [3.63, 3.8) is 0 Å². The Labute approximate surface area is 110 Å². The molecule has 0 radical (unpaired) electrons. The van der Waals surface area contributed by atoms with Crippen molar-refractivity contribution in [2.75, 3.05) is 0 Å². The molecule has 0 saturated heterocycles. The average Bonchev–Trinajstić information content (AvgIpc) is 2.39. The second-order valence-corrected chi connectivity index (χ2v) is 4.50. The molecule has 2 aromatic rings. The van der Waals surface area contributed by atoms with Crippen LogP contribution in [0.1, 0.15) is 12.5 Å². The van der Waals surface area contributed by atoms with Crippen LogP contribution in [0.4, 0.5) is 4.39 Å². The topological polar surface area (TPSA) is 63.3 Å². The fraction of sp³-hybridized carbons (Fsp3) is 0.133. The molecule has 0 aliphatic carbocycles. The van der Waals surface area contributed by atoms with Gasteiger partial charge in [-0.05, 0) is 24.1 Å². The summed E-state index contributed by atoms with van der Waals surface area (Å²) >= 11 is 0. The average molecular weight is 259 g/mol. The molecule has 1 unspecified atom stereocenters. The number of aliphatic hydroxyl groups is 1. The van der Waals surface area contributed by atoms with E-state index in [1.165, 1.54) is 19.1 Å². The largest absolute Gasteiger partial charge is 0.376 e. The van der Waals surface area contributed by atoms with E-state index < -0.39 is 17.3 Å². The SMILES string of the molecule is CC(O)(C(N)=O)c1ccc(-c2ccccc2)c(F)c1. The minimum Gasteiger partial charge on any atom is -0.376 e. The number of carbonyl (C=O) groups excluding carboxylic acids is 1. The highest BCUT2D eigenvalue weighted by molar-refractivity contribution is 5.84. The van der Waals surface area contributed by atoms with E-state index in [9.17, 15) is 14.3 Å². The Kier molecular flexibility index (Phi) is 3.36. The molecule has 4 heteroatoms. The normalized spacial score (nSPS) is 13.8. The maximum Gasteiger partial charge on any atom is 0.253 e. The number of primary amides is 1.